The van der Waals surface area contributed by atoms with E-state index in [0.717, 1.165) is 12.0 Å². The van der Waals surface area contributed by atoms with Crippen molar-refractivity contribution in [1.82, 2.24) is 0 Å². The Labute approximate surface area is 94.8 Å². The molecule has 0 radical (unpaired) electrons. The first-order valence-electron chi connectivity index (χ1n) is 5.05. The monoisotopic (exact) mass is 218 g/mol. The molecular formula is C12H14N2O2. The number of hydrogen-bond donors (Lipinski definition) is 1. The third-order valence-electron chi connectivity index (χ3n) is 2.22. The number of hydrogen-bond acceptors (Lipinski definition) is 3. The van der Waals surface area contributed by atoms with Crippen molar-refractivity contribution in [1.29, 1.82) is 0 Å². The van der Waals surface area contributed by atoms with Gasteiger partial charge in [0.05, 0.1) is 11.0 Å². The molecule has 0 spiro atoms. The minimum atomic E-state index is -0.408. The SMILES string of the molecule is C#CC(CC)Nc1cc(C)cc([N+](=O)[O-])c1. The Kier molecular flexibility index (Phi) is 3.90. The summed E-state index contributed by atoms with van der Waals surface area (Å²) in [5.41, 5.74) is 1.61. The molecule has 0 aliphatic heterocycles. The van der Waals surface area contributed by atoms with Crippen LogP contribution in [0.15, 0.2) is 18.2 Å². The summed E-state index contributed by atoms with van der Waals surface area (Å²) in [7, 11) is 0. The standard InChI is InChI=1S/C12H14N2O2/c1-4-10(5-2)13-11-6-9(3)7-12(8-11)14(15)16/h1,6-8,10,13H,5H2,2-3H3. The Morgan fingerprint density at radius 2 is 2.25 bits per heavy atom. The van der Waals surface area contributed by atoms with Gasteiger partial charge < -0.3 is 5.32 Å². The molecule has 1 atom stereocenters. The average molecular weight is 218 g/mol. The van der Waals surface area contributed by atoms with Gasteiger partial charge in [-0.25, -0.2) is 0 Å². The molecule has 1 aromatic carbocycles. The molecule has 4 nitrogen and oxygen atoms in total. The summed E-state index contributed by atoms with van der Waals surface area (Å²) < 4.78 is 0. The zero-order valence-corrected chi connectivity index (χ0v) is 9.36. The molecule has 0 saturated carbocycles. The highest BCUT2D eigenvalue weighted by atomic mass is 16.6. The maximum absolute atomic E-state index is 10.7. The van der Waals surface area contributed by atoms with E-state index in [4.69, 9.17) is 6.42 Å². The minimum absolute atomic E-state index is 0.0781. The number of aryl methyl sites for hydroxylation is 1. The topological polar surface area (TPSA) is 55.2 Å². The van der Waals surface area contributed by atoms with Crippen molar-refractivity contribution in [2.45, 2.75) is 26.3 Å². The number of benzene rings is 1. The molecule has 0 aliphatic carbocycles. The van der Waals surface area contributed by atoms with Crippen molar-refractivity contribution in [2.75, 3.05) is 5.32 Å². The largest absolute Gasteiger partial charge is 0.371 e. The zero-order chi connectivity index (χ0) is 12.1. The summed E-state index contributed by atoms with van der Waals surface area (Å²) >= 11 is 0. The number of terminal acetylenes is 1. The third-order valence-corrected chi connectivity index (χ3v) is 2.22. The molecular weight excluding hydrogens is 204 g/mol. The van der Waals surface area contributed by atoms with Crippen LogP contribution in [-0.2, 0) is 0 Å². The van der Waals surface area contributed by atoms with Crippen molar-refractivity contribution in [3.8, 4) is 12.3 Å². The van der Waals surface area contributed by atoms with E-state index >= 15 is 0 Å². The summed E-state index contributed by atoms with van der Waals surface area (Å²) in [6.07, 6.45) is 6.10. The maximum atomic E-state index is 10.7. The first-order valence-corrected chi connectivity index (χ1v) is 5.05. The van der Waals surface area contributed by atoms with Crippen LogP contribution in [0, 0.1) is 29.4 Å². The fraction of sp³-hybridized carbons (Fsp3) is 0.333. The zero-order valence-electron chi connectivity index (χ0n) is 9.36. The van der Waals surface area contributed by atoms with Gasteiger partial charge in [0, 0.05) is 17.8 Å². The molecule has 0 amide bonds. The third kappa shape index (κ3) is 2.99. The molecule has 0 aliphatic rings. The second-order valence-corrected chi connectivity index (χ2v) is 3.59. The van der Waals surface area contributed by atoms with Crippen LogP contribution in [0.1, 0.15) is 18.9 Å². The molecule has 1 aromatic rings. The Morgan fingerprint density at radius 3 is 2.75 bits per heavy atom. The fourth-order valence-corrected chi connectivity index (χ4v) is 1.41. The van der Waals surface area contributed by atoms with E-state index in [1.165, 1.54) is 12.1 Å². The lowest BCUT2D eigenvalue weighted by atomic mass is 10.1. The van der Waals surface area contributed by atoms with E-state index in [2.05, 4.69) is 11.2 Å². The first-order chi connectivity index (χ1) is 7.56. The van der Waals surface area contributed by atoms with Gasteiger partial charge in [-0.15, -0.1) is 6.42 Å². The summed E-state index contributed by atoms with van der Waals surface area (Å²) in [6.45, 7) is 3.77. The highest BCUT2D eigenvalue weighted by Crippen LogP contribution is 2.21. The van der Waals surface area contributed by atoms with Crippen molar-refractivity contribution in [3.05, 3.63) is 33.9 Å². The van der Waals surface area contributed by atoms with Crippen molar-refractivity contribution < 1.29 is 4.92 Å². The predicted octanol–water partition coefficient (Wildman–Crippen LogP) is 2.73. The molecule has 0 fully saturated rings. The van der Waals surface area contributed by atoms with Gasteiger partial charge >= 0.3 is 0 Å². The first kappa shape index (κ1) is 12.1. The van der Waals surface area contributed by atoms with Crippen LogP contribution in [0.5, 0.6) is 0 Å². The molecule has 0 bridgehead atoms. The maximum Gasteiger partial charge on any atom is 0.271 e. The van der Waals surface area contributed by atoms with Crippen LogP contribution in [0.2, 0.25) is 0 Å². The van der Waals surface area contributed by atoms with Crippen LogP contribution in [0.25, 0.3) is 0 Å². The molecule has 1 N–H and O–H groups in total. The Morgan fingerprint density at radius 1 is 1.56 bits per heavy atom. The quantitative estimate of drug-likeness (QED) is 0.480. The summed E-state index contributed by atoms with van der Waals surface area (Å²) in [6, 6.07) is 4.77. The number of nitro benzene ring substituents is 1. The lowest BCUT2D eigenvalue weighted by Gasteiger charge is -2.12. The summed E-state index contributed by atoms with van der Waals surface area (Å²) in [5.74, 6) is 2.59. The number of non-ortho nitro benzene ring substituents is 1. The number of nitrogens with one attached hydrogen (secondary N) is 1. The van der Waals surface area contributed by atoms with Gasteiger partial charge in [0.1, 0.15) is 0 Å². The molecule has 0 saturated heterocycles. The van der Waals surface area contributed by atoms with Gasteiger partial charge in [0.2, 0.25) is 0 Å². The van der Waals surface area contributed by atoms with Crippen molar-refractivity contribution in [2.24, 2.45) is 0 Å². The van der Waals surface area contributed by atoms with E-state index in [9.17, 15) is 10.1 Å². The summed E-state index contributed by atoms with van der Waals surface area (Å²) in [5, 5.41) is 13.7. The van der Waals surface area contributed by atoms with E-state index in [1.807, 2.05) is 19.9 Å². The van der Waals surface area contributed by atoms with Gasteiger partial charge in [0.15, 0.2) is 0 Å². The second-order valence-electron chi connectivity index (χ2n) is 3.59. The second kappa shape index (κ2) is 5.17. The van der Waals surface area contributed by atoms with Gasteiger partial charge in [-0.2, -0.15) is 0 Å². The van der Waals surface area contributed by atoms with Crippen LogP contribution < -0.4 is 5.32 Å². The lowest BCUT2D eigenvalue weighted by molar-refractivity contribution is -0.384. The van der Waals surface area contributed by atoms with Crippen LogP contribution in [0.4, 0.5) is 11.4 Å². The Bertz CT molecular complexity index is 435. The number of rotatable bonds is 4. The van der Waals surface area contributed by atoms with Gasteiger partial charge in [-0.05, 0) is 25.0 Å². The number of anilines is 1. The van der Waals surface area contributed by atoms with Gasteiger partial charge in [0.25, 0.3) is 5.69 Å². The van der Waals surface area contributed by atoms with E-state index in [0.29, 0.717) is 5.69 Å². The summed E-state index contributed by atoms with van der Waals surface area (Å²) in [4.78, 5) is 10.3. The van der Waals surface area contributed by atoms with Crippen molar-refractivity contribution >= 4 is 11.4 Å². The predicted molar refractivity (Wildman–Crippen MR) is 64.4 cm³/mol. The van der Waals surface area contributed by atoms with Crippen LogP contribution in [0.3, 0.4) is 0 Å². The van der Waals surface area contributed by atoms with Crippen LogP contribution in [-0.4, -0.2) is 11.0 Å². The molecule has 84 valence electrons. The fourth-order valence-electron chi connectivity index (χ4n) is 1.41. The van der Waals surface area contributed by atoms with Crippen LogP contribution >= 0.6 is 0 Å². The highest BCUT2D eigenvalue weighted by molar-refractivity contribution is 5.55. The molecule has 16 heavy (non-hydrogen) atoms. The highest BCUT2D eigenvalue weighted by Gasteiger charge is 2.09. The number of nitrogens with zero attached hydrogens (tertiary/aromatic N) is 1. The number of nitro groups is 1. The molecule has 0 heterocycles. The van der Waals surface area contributed by atoms with E-state index < -0.39 is 4.92 Å². The lowest BCUT2D eigenvalue weighted by Crippen LogP contribution is -2.15. The van der Waals surface area contributed by atoms with Crippen molar-refractivity contribution in [3.63, 3.8) is 0 Å². The molecule has 4 heteroatoms. The van der Waals surface area contributed by atoms with Gasteiger partial charge in [-0.1, -0.05) is 12.8 Å². The smallest absolute Gasteiger partial charge is 0.271 e. The average Bonchev–Trinajstić information content (AvgIpc) is 2.25. The van der Waals surface area contributed by atoms with E-state index in [1.54, 1.807) is 0 Å². The normalized spacial score (nSPS) is 11.6. The molecule has 1 rings (SSSR count). The van der Waals surface area contributed by atoms with E-state index in [-0.39, 0.29) is 11.7 Å². The van der Waals surface area contributed by atoms with Gasteiger partial charge in [-0.3, -0.25) is 10.1 Å². The molecule has 1 unspecified atom stereocenters. The molecule has 0 aromatic heterocycles. The Balaban J connectivity index is 2.97. The minimum Gasteiger partial charge on any atom is -0.371 e. The Hall–Kier alpha value is -2.02.